The molecule has 1 fully saturated rings. The quantitative estimate of drug-likeness (QED) is 0.813. The summed E-state index contributed by atoms with van der Waals surface area (Å²) in [6.45, 7) is 4.18. The lowest BCUT2D eigenvalue weighted by molar-refractivity contribution is -0.125. The SMILES string of the molecule is Cc1nn(C)c(Cl)c1CC1CC(C)CCC1=O. The summed E-state index contributed by atoms with van der Waals surface area (Å²) in [5.74, 6) is 1.18. The minimum atomic E-state index is 0.138. The number of hydrogen-bond donors (Lipinski definition) is 0. The fourth-order valence-electron chi connectivity index (χ4n) is 2.68. The maximum Gasteiger partial charge on any atom is 0.136 e. The van der Waals surface area contributed by atoms with Crippen LogP contribution in [0.25, 0.3) is 0 Å². The Kier molecular flexibility index (Phi) is 3.57. The van der Waals surface area contributed by atoms with Gasteiger partial charge in [0.1, 0.15) is 10.9 Å². The highest BCUT2D eigenvalue weighted by molar-refractivity contribution is 6.30. The van der Waals surface area contributed by atoms with Crippen molar-refractivity contribution in [2.45, 2.75) is 39.5 Å². The zero-order chi connectivity index (χ0) is 12.6. The molecule has 1 saturated carbocycles. The Morgan fingerprint density at radius 2 is 2.24 bits per heavy atom. The van der Waals surface area contributed by atoms with Crippen molar-refractivity contribution in [3.8, 4) is 0 Å². The van der Waals surface area contributed by atoms with E-state index in [0.717, 1.165) is 36.9 Å². The summed E-state index contributed by atoms with van der Waals surface area (Å²) in [4.78, 5) is 11.9. The number of carbonyl (C=O) groups excluding carboxylic acids is 1. The molecule has 1 aromatic heterocycles. The van der Waals surface area contributed by atoms with Crippen LogP contribution in [0.2, 0.25) is 5.15 Å². The van der Waals surface area contributed by atoms with Crippen molar-refractivity contribution < 1.29 is 4.79 Å². The second-order valence-electron chi connectivity index (χ2n) is 5.23. The highest BCUT2D eigenvalue weighted by atomic mass is 35.5. The predicted octanol–water partition coefficient (Wildman–Crippen LogP) is 2.93. The second-order valence-corrected chi connectivity index (χ2v) is 5.58. The second kappa shape index (κ2) is 4.81. The van der Waals surface area contributed by atoms with Gasteiger partial charge in [0.2, 0.25) is 0 Å². The van der Waals surface area contributed by atoms with Gasteiger partial charge in [0.25, 0.3) is 0 Å². The summed E-state index contributed by atoms with van der Waals surface area (Å²) in [6.07, 6.45) is 3.50. The molecule has 2 atom stereocenters. The van der Waals surface area contributed by atoms with Crippen molar-refractivity contribution in [2.24, 2.45) is 18.9 Å². The van der Waals surface area contributed by atoms with Gasteiger partial charge in [-0.1, -0.05) is 18.5 Å². The Hall–Kier alpha value is -0.830. The first kappa shape index (κ1) is 12.6. The molecule has 0 aromatic carbocycles. The fraction of sp³-hybridized carbons (Fsp3) is 0.692. The van der Waals surface area contributed by atoms with Gasteiger partial charge < -0.3 is 0 Å². The van der Waals surface area contributed by atoms with E-state index in [1.165, 1.54) is 0 Å². The van der Waals surface area contributed by atoms with Gasteiger partial charge in [-0.15, -0.1) is 0 Å². The molecule has 17 heavy (non-hydrogen) atoms. The molecular weight excluding hydrogens is 236 g/mol. The Morgan fingerprint density at radius 1 is 1.53 bits per heavy atom. The van der Waals surface area contributed by atoms with E-state index in [-0.39, 0.29) is 5.92 Å². The Morgan fingerprint density at radius 3 is 2.82 bits per heavy atom. The van der Waals surface area contributed by atoms with Crippen LogP contribution in [0.4, 0.5) is 0 Å². The summed E-state index contributed by atoms with van der Waals surface area (Å²) < 4.78 is 1.68. The molecule has 2 rings (SSSR count). The van der Waals surface area contributed by atoms with Crippen molar-refractivity contribution in [2.75, 3.05) is 0 Å². The highest BCUT2D eigenvalue weighted by Gasteiger charge is 2.28. The molecule has 1 heterocycles. The lowest BCUT2D eigenvalue weighted by Gasteiger charge is -2.25. The van der Waals surface area contributed by atoms with Crippen LogP contribution >= 0.6 is 11.6 Å². The molecule has 0 radical (unpaired) electrons. The molecule has 4 heteroatoms. The molecule has 0 bridgehead atoms. The topological polar surface area (TPSA) is 34.9 Å². The standard InChI is InChI=1S/C13H19ClN2O/c1-8-4-5-12(17)10(6-8)7-11-9(2)15-16(3)13(11)14/h8,10H,4-7H2,1-3H3. The summed E-state index contributed by atoms with van der Waals surface area (Å²) in [7, 11) is 1.84. The Balaban J connectivity index is 2.17. The predicted molar refractivity (Wildman–Crippen MR) is 68.2 cm³/mol. The van der Waals surface area contributed by atoms with Gasteiger partial charge in [0, 0.05) is 24.9 Å². The molecule has 1 aromatic rings. The summed E-state index contributed by atoms with van der Waals surface area (Å²) >= 11 is 6.21. The minimum absolute atomic E-state index is 0.138. The monoisotopic (exact) mass is 254 g/mol. The molecule has 0 aliphatic heterocycles. The summed E-state index contributed by atoms with van der Waals surface area (Å²) in [6, 6.07) is 0. The molecular formula is C13H19ClN2O. The highest BCUT2D eigenvalue weighted by Crippen LogP contribution is 2.31. The van der Waals surface area contributed by atoms with Crippen LogP contribution in [-0.2, 0) is 18.3 Å². The lowest BCUT2D eigenvalue weighted by atomic mass is 9.78. The Bertz CT molecular complexity index is 439. The molecule has 0 spiro atoms. The third-order valence-corrected chi connectivity index (χ3v) is 4.22. The zero-order valence-corrected chi connectivity index (χ0v) is 11.4. The fourth-order valence-corrected chi connectivity index (χ4v) is 2.93. The number of nitrogens with zero attached hydrogens (tertiary/aromatic N) is 2. The molecule has 2 unspecified atom stereocenters. The number of carbonyl (C=O) groups is 1. The first-order valence-electron chi connectivity index (χ1n) is 6.19. The van der Waals surface area contributed by atoms with Crippen LogP contribution in [0.15, 0.2) is 0 Å². The smallest absolute Gasteiger partial charge is 0.136 e. The van der Waals surface area contributed by atoms with E-state index < -0.39 is 0 Å². The van der Waals surface area contributed by atoms with E-state index in [2.05, 4.69) is 12.0 Å². The third kappa shape index (κ3) is 2.54. The van der Waals surface area contributed by atoms with Crippen LogP contribution in [0.5, 0.6) is 0 Å². The van der Waals surface area contributed by atoms with E-state index in [0.29, 0.717) is 16.9 Å². The lowest BCUT2D eigenvalue weighted by Crippen LogP contribution is -2.25. The van der Waals surface area contributed by atoms with Crippen LogP contribution in [0.1, 0.15) is 37.4 Å². The van der Waals surface area contributed by atoms with Crippen molar-refractivity contribution >= 4 is 17.4 Å². The average molecular weight is 255 g/mol. The first-order valence-corrected chi connectivity index (χ1v) is 6.57. The number of ketones is 1. The first-order chi connectivity index (χ1) is 7.99. The van der Waals surface area contributed by atoms with Gasteiger partial charge in [-0.05, 0) is 32.1 Å². The third-order valence-electron chi connectivity index (χ3n) is 3.75. The Labute approximate surface area is 107 Å². The number of rotatable bonds is 2. The largest absolute Gasteiger partial charge is 0.299 e. The van der Waals surface area contributed by atoms with Crippen LogP contribution in [0.3, 0.4) is 0 Å². The number of halogens is 1. The molecule has 0 saturated heterocycles. The van der Waals surface area contributed by atoms with E-state index in [1.54, 1.807) is 4.68 Å². The van der Waals surface area contributed by atoms with E-state index >= 15 is 0 Å². The van der Waals surface area contributed by atoms with Crippen molar-refractivity contribution in [1.29, 1.82) is 0 Å². The molecule has 1 aliphatic carbocycles. The van der Waals surface area contributed by atoms with Crippen molar-refractivity contribution in [1.82, 2.24) is 9.78 Å². The van der Waals surface area contributed by atoms with Gasteiger partial charge >= 0.3 is 0 Å². The summed E-state index contributed by atoms with van der Waals surface area (Å²) in [5.41, 5.74) is 1.99. The number of aromatic nitrogens is 2. The minimum Gasteiger partial charge on any atom is -0.299 e. The maximum absolute atomic E-state index is 11.9. The average Bonchev–Trinajstić information content (AvgIpc) is 2.50. The van der Waals surface area contributed by atoms with Gasteiger partial charge in [-0.25, -0.2) is 0 Å². The van der Waals surface area contributed by atoms with Gasteiger partial charge in [0.05, 0.1) is 5.69 Å². The van der Waals surface area contributed by atoms with E-state index in [1.807, 2.05) is 14.0 Å². The molecule has 0 N–H and O–H groups in total. The van der Waals surface area contributed by atoms with Crippen molar-refractivity contribution in [3.05, 3.63) is 16.4 Å². The number of Topliss-reactive ketones (excluding diaryl/α,β-unsaturated/α-hetero) is 1. The number of hydrogen-bond acceptors (Lipinski definition) is 2. The van der Waals surface area contributed by atoms with Crippen LogP contribution in [-0.4, -0.2) is 15.6 Å². The van der Waals surface area contributed by atoms with E-state index in [4.69, 9.17) is 11.6 Å². The van der Waals surface area contributed by atoms with E-state index in [9.17, 15) is 4.79 Å². The van der Waals surface area contributed by atoms with Gasteiger partial charge in [0.15, 0.2) is 0 Å². The van der Waals surface area contributed by atoms with Crippen molar-refractivity contribution in [3.63, 3.8) is 0 Å². The van der Waals surface area contributed by atoms with Gasteiger partial charge in [-0.3, -0.25) is 9.48 Å². The molecule has 0 amide bonds. The van der Waals surface area contributed by atoms with Gasteiger partial charge in [-0.2, -0.15) is 5.10 Å². The number of aryl methyl sites for hydroxylation is 2. The van der Waals surface area contributed by atoms with Crippen LogP contribution < -0.4 is 0 Å². The molecule has 3 nitrogen and oxygen atoms in total. The van der Waals surface area contributed by atoms with Crippen LogP contribution in [0, 0.1) is 18.8 Å². The molecule has 94 valence electrons. The molecule has 1 aliphatic rings. The zero-order valence-electron chi connectivity index (χ0n) is 10.7. The maximum atomic E-state index is 11.9. The normalized spacial score (nSPS) is 25.3. The summed E-state index contributed by atoms with van der Waals surface area (Å²) in [5, 5.41) is 4.97.